The number of hydrogen-bond donors (Lipinski definition) is 0. The molecule has 3 heterocycles. The molecule has 2 aromatic heterocycles. The van der Waals surface area contributed by atoms with Crippen LogP contribution >= 0.6 is 0 Å². The summed E-state index contributed by atoms with van der Waals surface area (Å²) in [6.07, 6.45) is 13.2. The number of hydrogen-bond acceptors (Lipinski definition) is 1. The average Bonchev–Trinajstić information content (AvgIpc) is 2.49. The molecule has 2 unspecified atom stereocenters. The first-order valence-corrected chi connectivity index (χ1v) is 7.45. The van der Waals surface area contributed by atoms with Crippen LogP contribution < -0.4 is 4.57 Å². The number of aromatic nitrogens is 2. The molecule has 0 saturated heterocycles. The Labute approximate surface area is 119 Å². The van der Waals surface area contributed by atoms with Gasteiger partial charge in [0.25, 0.3) is 0 Å². The standard InChI is InChI=1S/C18H19N2/c1-3-17-9-10-18(17,4-2)20-12-6-5-7-16(20)14-8-11-19-13-15(14)17/h5-13H,3-4H2,1-2H3/q+1. The highest BCUT2D eigenvalue weighted by atomic mass is 15.1. The van der Waals surface area contributed by atoms with Gasteiger partial charge in [-0.1, -0.05) is 19.9 Å². The van der Waals surface area contributed by atoms with E-state index < -0.39 is 0 Å². The Balaban J connectivity index is 2.14. The van der Waals surface area contributed by atoms with Crippen molar-refractivity contribution in [3.05, 3.63) is 60.6 Å². The zero-order valence-corrected chi connectivity index (χ0v) is 12.0. The van der Waals surface area contributed by atoms with E-state index in [2.05, 4.69) is 72.2 Å². The van der Waals surface area contributed by atoms with Crippen molar-refractivity contribution in [1.82, 2.24) is 4.98 Å². The van der Waals surface area contributed by atoms with Gasteiger partial charge >= 0.3 is 0 Å². The summed E-state index contributed by atoms with van der Waals surface area (Å²) in [5, 5.41) is 0. The SMILES string of the molecule is CCC12C=CC1(CC)[n+]1ccccc1-c1ccncc12. The lowest BCUT2D eigenvalue weighted by atomic mass is 9.53. The van der Waals surface area contributed by atoms with E-state index in [9.17, 15) is 0 Å². The maximum Gasteiger partial charge on any atom is 0.213 e. The van der Waals surface area contributed by atoms with Crippen LogP contribution in [0.1, 0.15) is 32.3 Å². The minimum Gasteiger partial charge on any atom is -0.264 e. The molecule has 1 aliphatic carbocycles. The number of pyridine rings is 2. The van der Waals surface area contributed by atoms with Crippen LogP contribution in [-0.4, -0.2) is 4.98 Å². The minimum atomic E-state index is 0.0778. The second-order valence-electron chi connectivity index (χ2n) is 5.81. The molecule has 0 aromatic carbocycles. The lowest BCUT2D eigenvalue weighted by Crippen LogP contribution is -2.72. The summed E-state index contributed by atoms with van der Waals surface area (Å²) < 4.78 is 2.47. The summed E-state index contributed by atoms with van der Waals surface area (Å²) in [5.74, 6) is 0. The molecule has 4 rings (SSSR count). The Morgan fingerprint density at radius 1 is 1.10 bits per heavy atom. The van der Waals surface area contributed by atoms with Crippen LogP contribution in [0.5, 0.6) is 0 Å². The Bertz CT molecular complexity index is 657. The molecule has 2 aromatic rings. The van der Waals surface area contributed by atoms with Gasteiger partial charge in [0.2, 0.25) is 5.69 Å². The van der Waals surface area contributed by atoms with Crippen LogP contribution in [-0.2, 0) is 11.0 Å². The molecule has 0 radical (unpaired) electrons. The molecule has 2 atom stereocenters. The van der Waals surface area contributed by atoms with Crippen molar-refractivity contribution in [2.24, 2.45) is 0 Å². The van der Waals surface area contributed by atoms with Gasteiger partial charge < -0.3 is 0 Å². The quantitative estimate of drug-likeness (QED) is 0.599. The van der Waals surface area contributed by atoms with Gasteiger partial charge in [0.1, 0.15) is 0 Å². The molecule has 0 N–H and O–H groups in total. The van der Waals surface area contributed by atoms with E-state index >= 15 is 0 Å². The first kappa shape index (κ1) is 11.8. The molecule has 0 spiro atoms. The fourth-order valence-electron chi connectivity index (χ4n) is 4.30. The normalized spacial score (nSPS) is 29.1. The summed E-state index contributed by atoms with van der Waals surface area (Å²) >= 11 is 0. The Morgan fingerprint density at radius 2 is 2.00 bits per heavy atom. The van der Waals surface area contributed by atoms with Gasteiger partial charge in [0.05, 0.1) is 11.0 Å². The number of allylic oxidation sites excluding steroid dienone is 2. The van der Waals surface area contributed by atoms with E-state index in [-0.39, 0.29) is 11.0 Å². The van der Waals surface area contributed by atoms with Crippen LogP contribution in [0.2, 0.25) is 0 Å². The minimum absolute atomic E-state index is 0.0778. The molecule has 2 nitrogen and oxygen atoms in total. The van der Waals surface area contributed by atoms with Gasteiger partial charge in [-0.15, -0.1) is 0 Å². The smallest absolute Gasteiger partial charge is 0.213 e. The van der Waals surface area contributed by atoms with Crippen LogP contribution in [0, 0.1) is 0 Å². The first-order chi connectivity index (χ1) is 9.79. The van der Waals surface area contributed by atoms with Gasteiger partial charge in [-0.2, -0.15) is 4.57 Å². The summed E-state index contributed by atoms with van der Waals surface area (Å²) in [4.78, 5) is 4.40. The van der Waals surface area contributed by atoms with Gasteiger partial charge in [-0.05, 0) is 24.6 Å². The monoisotopic (exact) mass is 263 g/mol. The molecule has 0 amide bonds. The maximum atomic E-state index is 4.40. The Morgan fingerprint density at radius 3 is 2.70 bits per heavy atom. The van der Waals surface area contributed by atoms with Crippen molar-refractivity contribution in [2.75, 3.05) is 0 Å². The summed E-state index contributed by atoms with van der Waals surface area (Å²) in [5.41, 5.74) is 4.20. The second-order valence-corrected chi connectivity index (χ2v) is 5.81. The van der Waals surface area contributed by atoms with Crippen LogP contribution in [0.25, 0.3) is 11.3 Å². The summed E-state index contributed by atoms with van der Waals surface area (Å²) in [6, 6.07) is 8.65. The Hall–Kier alpha value is -1.96. The first-order valence-electron chi connectivity index (χ1n) is 7.45. The van der Waals surface area contributed by atoms with Crippen molar-refractivity contribution in [2.45, 2.75) is 37.6 Å². The lowest BCUT2D eigenvalue weighted by molar-refractivity contribution is -0.759. The lowest BCUT2D eigenvalue weighted by Gasteiger charge is -2.52. The van der Waals surface area contributed by atoms with Crippen LogP contribution in [0.15, 0.2) is 55.0 Å². The van der Waals surface area contributed by atoms with E-state index in [0.29, 0.717) is 0 Å². The van der Waals surface area contributed by atoms with Gasteiger partial charge in [0.15, 0.2) is 11.7 Å². The van der Waals surface area contributed by atoms with E-state index in [0.717, 1.165) is 12.8 Å². The fraction of sp³-hybridized carbons (Fsp3) is 0.333. The van der Waals surface area contributed by atoms with Crippen molar-refractivity contribution in [3.63, 3.8) is 0 Å². The molecular weight excluding hydrogens is 244 g/mol. The van der Waals surface area contributed by atoms with E-state index in [1.165, 1.54) is 16.8 Å². The Kier molecular flexibility index (Phi) is 2.24. The van der Waals surface area contributed by atoms with E-state index in [1.54, 1.807) is 0 Å². The third-order valence-electron chi connectivity index (χ3n) is 5.38. The zero-order chi connectivity index (χ0) is 13.8. The number of rotatable bonds is 2. The molecule has 2 aliphatic rings. The molecule has 0 bridgehead atoms. The largest absolute Gasteiger partial charge is 0.264 e. The third-order valence-corrected chi connectivity index (χ3v) is 5.38. The second kappa shape index (κ2) is 3.78. The van der Waals surface area contributed by atoms with Crippen molar-refractivity contribution < 1.29 is 4.57 Å². The van der Waals surface area contributed by atoms with Crippen LogP contribution in [0.4, 0.5) is 0 Å². The van der Waals surface area contributed by atoms with Crippen molar-refractivity contribution in [1.29, 1.82) is 0 Å². The molecule has 0 fully saturated rings. The predicted molar refractivity (Wildman–Crippen MR) is 79.2 cm³/mol. The van der Waals surface area contributed by atoms with Gasteiger partial charge in [-0.3, -0.25) is 4.98 Å². The average molecular weight is 263 g/mol. The number of fused-ring (bicyclic) bond motifs is 6. The highest BCUT2D eigenvalue weighted by Crippen LogP contribution is 2.56. The summed E-state index contributed by atoms with van der Waals surface area (Å²) in [6.45, 7) is 4.58. The zero-order valence-electron chi connectivity index (χ0n) is 12.0. The van der Waals surface area contributed by atoms with Crippen molar-refractivity contribution >= 4 is 0 Å². The molecule has 2 heteroatoms. The van der Waals surface area contributed by atoms with Gasteiger partial charge in [-0.25, -0.2) is 0 Å². The highest BCUT2D eigenvalue weighted by Gasteiger charge is 2.64. The third kappa shape index (κ3) is 1.08. The van der Waals surface area contributed by atoms with Crippen LogP contribution in [0.3, 0.4) is 0 Å². The van der Waals surface area contributed by atoms with E-state index in [1.807, 2.05) is 6.20 Å². The van der Waals surface area contributed by atoms with Gasteiger partial charge in [0, 0.05) is 36.5 Å². The molecule has 0 saturated carbocycles. The molecule has 1 aliphatic heterocycles. The fourth-order valence-corrected chi connectivity index (χ4v) is 4.30. The summed E-state index contributed by atoms with van der Waals surface area (Å²) in [7, 11) is 0. The molecular formula is C18H19N2+. The highest BCUT2D eigenvalue weighted by molar-refractivity contribution is 5.67. The van der Waals surface area contributed by atoms with E-state index in [4.69, 9.17) is 0 Å². The van der Waals surface area contributed by atoms with Crippen molar-refractivity contribution in [3.8, 4) is 11.3 Å². The molecule has 100 valence electrons. The molecule has 20 heavy (non-hydrogen) atoms. The topological polar surface area (TPSA) is 16.8 Å². The maximum absolute atomic E-state index is 4.40. The number of nitrogens with zero attached hydrogens (tertiary/aromatic N) is 2. The predicted octanol–water partition coefficient (Wildman–Crippen LogP) is 3.37.